The van der Waals surface area contributed by atoms with Crippen LogP contribution in [-0.4, -0.2) is 38.1 Å². The van der Waals surface area contributed by atoms with E-state index >= 15 is 0 Å². The highest BCUT2D eigenvalue weighted by Crippen LogP contribution is 2.20. The molecule has 0 radical (unpaired) electrons. The number of aromatic nitrogens is 2. The predicted molar refractivity (Wildman–Crippen MR) is 97.1 cm³/mol. The Balaban J connectivity index is 2.07. The zero-order valence-electron chi connectivity index (χ0n) is 14.4. The second kappa shape index (κ2) is 7.65. The fourth-order valence-corrected chi connectivity index (χ4v) is 2.69. The van der Waals surface area contributed by atoms with Crippen LogP contribution in [0.15, 0.2) is 53.7 Å². The molecule has 0 aliphatic carbocycles. The van der Waals surface area contributed by atoms with Crippen LogP contribution in [0.25, 0.3) is 11.0 Å². The molecule has 0 saturated heterocycles. The number of non-ortho nitro benzene ring substituents is 1. The summed E-state index contributed by atoms with van der Waals surface area (Å²) < 4.78 is 6.62. The standard InChI is InChI=1S/C18H16N4O5/c1-2-27-17(20-24)11-16-19-14-5-3-4-6-15(14)21(16)18(23)12-7-9-13(10-8-12)22(25)26/h3-10,24H,2,11H2,1H3. The van der Waals surface area contributed by atoms with E-state index in [1.165, 1.54) is 28.8 Å². The van der Waals surface area contributed by atoms with Crippen LogP contribution in [0.1, 0.15) is 23.1 Å². The number of rotatable bonds is 5. The van der Waals surface area contributed by atoms with Crippen LogP contribution in [-0.2, 0) is 11.2 Å². The number of para-hydroxylation sites is 2. The van der Waals surface area contributed by atoms with Gasteiger partial charge in [-0.25, -0.2) is 4.98 Å². The van der Waals surface area contributed by atoms with E-state index in [4.69, 9.17) is 9.94 Å². The molecule has 1 N–H and O–H groups in total. The lowest BCUT2D eigenvalue weighted by molar-refractivity contribution is -0.384. The number of imidazole rings is 1. The molecule has 0 atom stereocenters. The van der Waals surface area contributed by atoms with Gasteiger partial charge in [0.1, 0.15) is 5.82 Å². The number of hydrogen-bond donors (Lipinski definition) is 1. The first-order valence-electron chi connectivity index (χ1n) is 8.14. The van der Waals surface area contributed by atoms with Crippen molar-refractivity contribution in [2.24, 2.45) is 5.16 Å². The minimum Gasteiger partial charge on any atom is -0.479 e. The van der Waals surface area contributed by atoms with E-state index in [-0.39, 0.29) is 23.6 Å². The van der Waals surface area contributed by atoms with Gasteiger partial charge in [-0.3, -0.25) is 19.5 Å². The third-order valence-corrected chi connectivity index (χ3v) is 3.89. The number of nitrogens with zero attached hydrogens (tertiary/aromatic N) is 4. The Morgan fingerprint density at radius 1 is 1.26 bits per heavy atom. The summed E-state index contributed by atoms with van der Waals surface area (Å²) in [7, 11) is 0. The van der Waals surface area contributed by atoms with E-state index < -0.39 is 10.8 Å². The highest BCUT2D eigenvalue weighted by Gasteiger charge is 2.21. The molecule has 0 saturated carbocycles. The summed E-state index contributed by atoms with van der Waals surface area (Å²) >= 11 is 0. The van der Waals surface area contributed by atoms with Crippen molar-refractivity contribution in [2.45, 2.75) is 13.3 Å². The zero-order chi connectivity index (χ0) is 19.4. The summed E-state index contributed by atoms with van der Waals surface area (Å²) in [6, 6.07) is 12.4. The normalized spacial score (nSPS) is 11.5. The first-order chi connectivity index (χ1) is 13.0. The number of nitro benzene ring substituents is 1. The first kappa shape index (κ1) is 18.1. The van der Waals surface area contributed by atoms with Crippen molar-refractivity contribution in [3.63, 3.8) is 0 Å². The van der Waals surface area contributed by atoms with Crippen LogP contribution in [0.4, 0.5) is 5.69 Å². The molecule has 27 heavy (non-hydrogen) atoms. The fraction of sp³-hybridized carbons (Fsp3) is 0.167. The third-order valence-electron chi connectivity index (χ3n) is 3.89. The van der Waals surface area contributed by atoms with E-state index in [0.717, 1.165) is 0 Å². The summed E-state index contributed by atoms with van der Waals surface area (Å²) in [5.74, 6) is -0.0336. The van der Waals surface area contributed by atoms with E-state index in [0.29, 0.717) is 23.5 Å². The molecular weight excluding hydrogens is 352 g/mol. The third kappa shape index (κ3) is 3.61. The number of nitro groups is 1. The monoisotopic (exact) mass is 368 g/mol. The Hall–Kier alpha value is -3.75. The quantitative estimate of drug-likeness (QED) is 0.243. The Bertz CT molecular complexity index is 1020. The molecule has 1 aromatic heterocycles. The SMILES string of the molecule is CCOC(Cc1nc2ccccc2n1C(=O)c1ccc([N+](=O)[O-])cc1)=NO. The van der Waals surface area contributed by atoms with Gasteiger partial charge in [0.05, 0.1) is 29.0 Å². The minimum atomic E-state index is -0.529. The van der Waals surface area contributed by atoms with Crippen molar-refractivity contribution < 1.29 is 19.7 Å². The molecule has 0 spiro atoms. The maximum Gasteiger partial charge on any atom is 0.269 e. The molecule has 0 unspecified atom stereocenters. The molecule has 0 bridgehead atoms. The van der Waals surface area contributed by atoms with E-state index in [1.807, 2.05) is 0 Å². The van der Waals surface area contributed by atoms with Crippen LogP contribution in [0, 0.1) is 10.1 Å². The van der Waals surface area contributed by atoms with Crippen molar-refractivity contribution in [3.05, 3.63) is 70.0 Å². The van der Waals surface area contributed by atoms with Gasteiger partial charge in [0.25, 0.3) is 11.6 Å². The Morgan fingerprint density at radius 3 is 2.59 bits per heavy atom. The van der Waals surface area contributed by atoms with E-state index in [1.54, 1.807) is 31.2 Å². The molecule has 138 valence electrons. The van der Waals surface area contributed by atoms with Gasteiger partial charge in [-0.15, -0.1) is 0 Å². The number of fused-ring (bicyclic) bond motifs is 1. The van der Waals surface area contributed by atoms with Gasteiger partial charge in [0.2, 0.25) is 5.90 Å². The van der Waals surface area contributed by atoms with Gasteiger partial charge in [0, 0.05) is 17.7 Å². The molecule has 0 aliphatic rings. The van der Waals surface area contributed by atoms with Gasteiger partial charge in [-0.1, -0.05) is 17.3 Å². The topological polar surface area (TPSA) is 120 Å². The predicted octanol–water partition coefficient (Wildman–Crippen LogP) is 3.00. The zero-order valence-corrected chi connectivity index (χ0v) is 14.4. The van der Waals surface area contributed by atoms with E-state index in [2.05, 4.69) is 10.1 Å². The number of benzene rings is 2. The summed E-state index contributed by atoms with van der Waals surface area (Å²) in [5.41, 5.74) is 1.33. The second-order valence-corrected chi connectivity index (χ2v) is 5.56. The molecule has 1 heterocycles. The molecular formula is C18H16N4O5. The summed E-state index contributed by atoms with van der Waals surface area (Å²) in [4.78, 5) is 27.8. The van der Waals surface area contributed by atoms with Crippen LogP contribution in [0.5, 0.6) is 0 Å². The largest absolute Gasteiger partial charge is 0.479 e. The summed E-state index contributed by atoms with van der Waals surface area (Å²) in [5, 5.41) is 23.0. The van der Waals surface area contributed by atoms with Gasteiger partial charge in [0.15, 0.2) is 0 Å². The fourth-order valence-electron chi connectivity index (χ4n) is 2.69. The van der Waals surface area contributed by atoms with Gasteiger partial charge >= 0.3 is 0 Å². The maximum absolute atomic E-state index is 13.1. The second-order valence-electron chi connectivity index (χ2n) is 5.56. The van der Waals surface area contributed by atoms with Crippen LogP contribution < -0.4 is 0 Å². The van der Waals surface area contributed by atoms with Crippen molar-refractivity contribution in [2.75, 3.05) is 6.61 Å². The van der Waals surface area contributed by atoms with E-state index in [9.17, 15) is 14.9 Å². The van der Waals surface area contributed by atoms with Gasteiger partial charge < -0.3 is 9.94 Å². The van der Waals surface area contributed by atoms with Gasteiger partial charge in [-0.05, 0) is 31.2 Å². The average molecular weight is 368 g/mol. The summed E-state index contributed by atoms with van der Waals surface area (Å²) in [6.45, 7) is 2.05. The Kier molecular flexibility index (Phi) is 5.11. The molecule has 3 rings (SSSR count). The number of carbonyl (C=O) groups excluding carboxylic acids is 1. The number of carbonyl (C=O) groups is 1. The van der Waals surface area contributed by atoms with Crippen LogP contribution >= 0.6 is 0 Å². The Labute approximate surface area is 153 Å². The highest BCUT2D eigenvalue weighted by molar-refractivity contribution is 6.02. The first-order valence-corrected chi connectivity index (χ1v) is 8.14. The number of hydrogen-bond acceptors (Lipinski definition) is 7. The van der Waals surface area contributed by atoms with Crippen LogP contribution in [0.3, 0.4) is 0 Å². The lowest BCUT2D eigenvalue weighted by Gasteiger charge is -2.09. The van der Waals surface area contributed by atoms with Crippen molar-refractivity contribution in [1.29, 1.82) is 0 Å². The van der Waals surface area contributed by atoms with Crippen molar-refractivity contribution in [3.8, 4) is 0 Å². The number of oxime groups is 1. The molecule has 9 nitrogen and oxygen atoms in total. The van der Waals surface area contributed by atoms with Crippen molar-refractivity contribution in [1.82, 2.24) is 9.55 Å². The average Bonchev–Trinajstić information content (AvgIpc) is 3.05. The smallest absolute Gasteiger partial charge is 0.269 e. The van der Waals surface area contributed by atoms with Gasteiger partial charge in [-0.2, -0.15) is 0 Å². The van der Waals surface area contributed by atoms with Crippen LogP contribution in [0.2, 0.25) is 0 Å². The van der Waals surface area contributed by atoms with Crippen molar-refractivity contribution >= 4 is 28.5 Å². The Morgan fingerprint density at radius 2 is 1.96 bits per heavy atom. The molecule has 3 aromatic rings. The maximum atomic E-state index is 13.1. The molecule has 0 fully saturated rings. The molecule has 0 aliphatic heterocycles. The molecule has 0 amide bonds. The highest BCUT2D eigenvalue weighted by atomic mass is 16.6. The lowest BCUT2D eigenvalue weighted by Crippen LogP contribution is -2.19. The summed E-state index contributed by atoms with van der Waals surface area (Å²) in [6.07, 6.45) is 0.0116. The lowest BCUT2D eigenvalue weighted by atomic mass is 10.2. The minimum absolute atomic E-state index is 0.0116. The molecule has 9 heteroatoms. The number of ether oxygens (including phenoxy) is 1. The molecule has 2 aromatic carbocycles.